The third kappa shape index (κ3) is 4.07. The second-order valence-corrected chi connectivity index (χ2v) is 5.89. The van der Waals surface area contributed by atoms with E-state index in [0.29, 0.717) is 13.0 Å². The zero-order valence-corrected chi connectivity index (χ0v) is 13.7. The number of nitrogens with zero attached hydrogens (tertiary/aromatic N) is 3. The first-order valence-electron chi connectivity index (χ1n) is 7.79. The number of carbonyl (C=O) groups excluding carboxylic acids is 2. The van der Waals surface area contributed by atoms with Crippen molar-refractivity contribution in [1.82, 2.24) is 9.80 Å². The van der Waals surface area contributed by atoms with E-state index in [2.05, 4.69) is 11.9 Å². The molecule has 0 unspecified atom stereocenters. The van der Waals surface area contributed by atoms with Crippen molar-refractivity contribution in [3.63, 3.8) is 0 Å². The van der Waals surface area contributed by atoms with E-state index in [9.17, 15) is 9.59 Å². The third-order valence-corrected chi connectivity index (χ3v) is 4.19. The number of anilines is 1. The van der Waals surface area contributed by atoms with Gasteiger partial charge in [0.2, 0.25) is 11.8 Å². The van der Waals surface area contributed by atoms with E-state index < -0.39 is 0 Å². The summed E-state index contributed by atoms with van der Waals surface area (Å²) in [4.78, 5) is 30.1. The topological polar surface area (TPSA) is 43.9 Å². The predicted molar refractivity (Wildman–Crippen MR) is 87.9 cm³/mol. The van der Waals surface area contributed by atoms with Gasteiger partial charge in [-0.1, -0.05) is 18.2 Å². The van der Waals surface area contributed by atoms with Crippen LogP contribution < -0.4 is 4.90 Å². The zero-order chi connectivity index (χ0) is 16.1. The molecule has 0 N–H and O–H groups in total. The Kier molecular flexibility index (Phi) is 5.55. The summed E-state index contributed by atoms with van der Waals surface area (Å²) < 4.78 is 0. The summed E-state index contributed by atoms with van der Waals surface area (Å²) in [5.41, 5.74) is 1.94. The van der Waals surface area contributed by atoms with Crippen LogP contribution in [0, 0.1) is 6.92 Å². The summed E-state index contributed by atoms with van der Waals surface area (Å²) in [6.45, 7) is 7.35. The first-order chi connectivity index (χ1) is 10.5. The number of likely N-dealkylation sites (N-methyl/N-ethyl adjacent to an activating group) is 1. The summed E-state index contributed by atoms with van der Waals surface area (Å²) in [6, 6.07) is 7.78. The summed E-state index contributed by atoms with van der Waals surface area (Å²) in [5, 5.41) is 0. The first-order valence-corrected chi connectivity index (χ1v) is 7.79. The van der Waals surface area contributed by atoms with Gasteiger partial charge in [0, 0.05) is 51.8 Å². The molecule has 0 radical (unpaired) electrons. The van der Waals surface area contributed by atoms with Crippen LogP contribution in [0.1, 0.15) is 18.9 Å². The van der Waals surface area contributed by atoms with Gasteiger partial charge in [-0.15, -0.1) is 0 Å². The van der Waals surface area contributed by atoms with Gasteiger partial charge in [-0.25, -0.2) is 0 Å². The fourth-order valence-corrected chi connectivity index (χ4v) is 2.74. The molecule has 5 nitrogen and oxygen atoms in total. The molecule has 0 saturated carbocycles. The lowest BCUT2D eigenvalue weighted by atomic mass is 10.1. The second-order valence-electron chi connectivity index (χ2n) is 5.89. The van der Waals surface area contributed by atoms with Gasteiger partial charge >= 0.3 is 0 Å². The fourth-order valence-electron chi connectivity index (χ4n) is 2.74. The Morgan fingerprint density at radius 2 is 1.77 bits per heavy atom. The molecular formula is C17H25N3O2. The number of rotatable bonds is 4. The van der Waals surface area contributed by atoms with Gasteiger partial charge in [-0.3, -0.25) is 9.59 Å². The van der Waals surface area contributed by atoms with E-state index >= 15 is 0 Å². The number of hydrogen-bond donors (Lipinski definition) is 0. The highest BCUT2D eigenvalue weighted by Crippen LogP contribution is 2.20. The van der Waals surface area contributed by atoms with Crippen molar-refractivity contribution >= 4 is 17.5 Å². The Labute approximate surface area is 132 Å². The van der Waals surface area contributed by atoms with Crippen LogP contribution in [-0.2, 0) is 9.59 Å². The number of benzene rings is 1. The number of piperazine rings is 1. The molecule has 22 heavy (non-hydrogen) atoms. The molecule has 1 aliphatic rings. The van der Waals surface area contributed by atoms with Crippen LogP contribution in [0.25, 0.3) is 0 Å². The van der Waals surface area contributed by atoms with Crippen molar-refractivity contribution in [3.8, 4) is 0 Å². The highest BCUT2D eigenvalue weighted by Gasteiger charge is 2.21. The van der Waals surface area contributed by atoms with Crippen molar-refractivity contribution in [2.45, 2.75) is 20.3 Å². The predicted octanol–water partition coefficient (Wildman–Crippen LogP) is 1.51. The second kappa shape index (κ2) is 7.40. The monoisotopic (exact) mass is 303 g/mol. The number of amides is 2. The average Bonchev–Trinajstić information content (AvgIpc) is 2.49. The summed E-state index contributed by atoms with van der Waals surface area (Å²) in [7, 11) is 2.07. The van der Waals surface area contributed by atoms with E-state index in [1.807, 2.05) is 36.1 Å². The summed E-state index contributed by atoms with van der Waals surface area (Å²) >= 11 is 0. The molecule has 1 aromatic carbocycles. The smallest absolute Gasteiger partial charge is 0.224 e. The van der Waals surface area contributed by atoms with Gasteiger partial charge < -0.3 is 14.7 Å². The molecule has 0 spiro atoms. The van der Waals surface area contributed by atoms with Crippen LogP contribution in [0.4, 0.5) is 5.69 Å². The van der Waals surface area contributed by atoms with E-state index in [-0.39, 0.29) is 11.8 Å². The van der Waals surface area contributed by atoms with Crippen LogP contribution >= 0.6 is 0 Å². The summed E-state index contributed by atoms with van der Waals surface area (Å²) in [5.74, 6) is 0.105. The van der Waals surface area contributed by atoms with Crippen molar-refractivity contribution < 1.29 is 9.59 Å². The molecule has 0 atom stereocenters. The summed E-state index contributed by atoms with van der Waals surface area (Å²) in [6.07, 6.45) is 0.373. The Morgan fingerprint density at radius 1 is 1.14 bits per heavy atom. The normalized spacial score (nSPS) is 15.7. The minimum atomic E-state index is -0.0273. The van der Waals surface area contributed by atoms with Crippen molar-refractivity contribution in [2.24, 2.45) is 0 Å². The Balaban J connectivity index is 1.96. The largest absolute Gasteiger partial charge is 0.340 e. The lowest BCUT2D eigenvalue weighted by Crippen LogP contribution is -2.47. The lowest BCUT2D eigenvalue weighted by Gasteiger charge is -2.33. The Morgan fingerprint density at radius 3 is 2.36 bits per heavy atom. The highest BCUT2D eigenvalue weighted by atomic mass is 16.2. The van der Waals surface area contributed by atoms with Crippen LogP contribution in [-0.4, -0.2) is 61.4 Å². The molecule has 0 aromatic heterocycles. The van der Waals surface area contributed by atoms with E-state index in [1.165, 1.54) is 0 Å². The van der Waals surface area contributed by atoms with Crippen molar-refractivity contribution in [2.75, 3.05) is 44.7 Å². The third-order valence-electron chi connectivity index (χ3n) is 4.19. The molecule has 1 saturated heterocycles. The van der Waals surface area contributed by atoms with Crippen LogP contribution in [0.5, 0.6) is 0 Å². The van der Waals surface area contributed by atoms with Gasteiger partial charge in [0.15, 0.2) is 0 Å². The van der Waals surface area contributed by atoms with E-state index in [0.717, 1.165) is 37.4 Å². The number of hydrogen-bond acceptors (Lipinski definition) is 3. The maximum absolute atomic E-state index is 12.3. The van der Waals surface area contributed by atoms with Crippen LogP contribution in [0.2, 0.25) is 0 Å². The fraction of sp³-hybridized carbons (Fsp3) is 0.529. The molecule has 120 valence electrons. The molecule has 1 fully saturated rings. The van der Waals surface area contributed by atoms with Gasteiger partial charge in [0.1, 0.15) is 0 Å². The molecule has 0 bridgehead atoms. The standard InChI is InChI=1S/C17H25N3O2/c1-14-6-4-5-7-16(14)20(15(2)21)9-8-17(22)19-12-10-18(3)11-13-19/h4-7H,8-13H2,1-3H3. The molecule has 0 aliphatic carbocycles. The number of aryl methyl sites for hydroxylation is 1. The van der Waals surface area contributed by atoms with Crippen molar-refractivity contribution in [3.05, 3.63) is 29.8 Å². The quantitative estimate of drug-likeness (QED) is 0.847. The average molecular weight is 303 g/mol. The minimum Gasteiger partial charge on any atom is -0.340 e. The molecule has 2 rings (SSSR count). The molecule has 5 heteroatoms. The lowest BCUT2D eigenvalue weighted by molar-refractivity contribution is -0.132. The van der Waals surface area contributed by atoms with E-state index in [4.69, 9.17) is 0 Å². The molecule has 1 aromatic rings. The number of para-hydroxylation sites is 1. The zero-order valence-electron chi connectivity index (χ0n) is 13.7. The Hall–Kier alpha value is -1.88. The first kappa shape index (κ1) is 16.5. The van der Waals surface area contributed by atoms with Gasteiger partial charge in [0.05, 0.1) is 0 Å². The van der Waals surface area contributed by atoms with Gasteiger partial charge in [-0.2, -0.15) is 0 Å². The Bertz CT molecular complexity index is 536. The van der Waals surface area contributed by atoms with Gasteiger partial charge in [-0.05, 0) is 25.6 Å². The molecular weight excluding hydrogens is 278 g/mol. The minimum absolute atomic E-state index is 0.0273. The van der Waals surface area contributed by atoms with E-state index in [1.54, 1.807) is 11.8 Å². The highest BCUT2D eigenvalue weighted by molar-refractivity contribution is 5.93. The maximum atomic E-state index is 12.3. The van der Waals surface area contributed by atoms with Crippen molar-refractivity contribution in [1.29, 1.82) is 0 Å². The molecule has 1 heterocycles. The van der Waals surface area contributed by atoms with Crippen LogP contribution in [0.3, 0.4) is 0 Å². The van der Waals surface area contributed by atoms with Crippen LogP contribution in [0.15, 0.2) is 24.3 Å². The maximum Gasteiger partial charge on any atom is 0.224 e. The molecule has 2 amide bonds. The van der Waals surface area contributed by atoms with Gasteiger partial charge in [0.25, 0.3) is 0 Å². The number of carbonyl (C=O) groups is 2. The molecule has 1 aliphatic heterocycles. The SMILES string of the molecule is CC(=O)N(CCC(=O)N1CCN(C)CC1)c1ccccc1C.